The first-order chi connectivity index (χ1) is 12.0. The highest BCUT2D eigenvalue weighted by Gasteiger charge is 2.15. The number of nitrogens with zero attached hydrogens (tertiary/aromatic N) is 2. The smallest absolute Gasteiger partial charge is 0.340 e. The van der Waals surface area contributed by atoms with E-state index >= 15 is 0 Å². The molecular weight excluding hydrogens is 342 g/mol. The average molecular weight is 359 g/mol. The fourth-order valence-corrected chi connectivity index (χ4v) is 3.16. The summed E-state index contributed by atoms with van der Waals surface area (Å²) in [6.45, 7) is 3.95. The van der Waals surface area contributed by atoms with Crippen molar-refractivity contribution < 1.29 is 13.9 Å². The Bertz CT molecular complexity index is 993. The van der Waals surface area contributed by atoms with Gasteiger partial charge in [0.05, 0.1) is 25.6 Å². The van der Waals surface area contributed by atoms with E-state index in [0.717, 1.165) is 21.0 Å². The van der Waals surface area contributed by atoms with E-state index in [1.165, 1.54) is 11.3 Å². The summed E-state index contributed by atoms with van der Waals surface area (Å²) in [5.74, 6) is 0.337. The van der Waals surface area contributed by atoms with Gasteiger partial charge in [-0.15, -0.1) is 10.2 Å². The van der Waals surface area contributed by atoms with Gasteiger partial charge in [-0.05, 0) is 31.5 Å². The number of benzene rings is 1. The number of carbonyl (C=O) groups excluding carboxylic acids is 1. The number of aromatic nitrogens is 2. The van der Waals surface area contributed by atoms with Gasteiger partial charge in [0, 0.05) is 11.5 Å². The first-order valence-corrected chi connectivity index (χ1v) is 8.45. The second kappa shape index (κ2) is 7.02. The monoisotopic (exact) mass is 359 g/mol. The third-order valence-corrected chi connectivity index (χ3v) is 4.68. The van der Waals surface area contributed by atoms with Crippen LogP contribution in [0.3, 0.4) is 0 Å². The van der Waals surface area contributed by atoms with E-state index < -0.39 is 5.63 Å². The standard InChI is InChI=1S/C17H17N3O4S/c1-9-12-5-4-11(23-3)6-14(12)24-17(22)13(9)7-15(21)18-8-16-20-19-10(2)25-16/h4-6H,7-8H2,1-3H3,(H,18,21). The Morgan fingerprint density at radius 1 is 1.32 bits per heavy atom. The lowest BCUT2D eigenvalue weighted by Gasteiger charge is -2.09. The molecule has 7 nitrogen and oxygen atoms in total. The molecule has 0 unspecified atom stereocenters. The van der Waals surface area contributed by atoms with Crippen LogP contribution in [0.1, 0.15) is 21.1 Å². The highest BCUT2D eigenvalue weighted by Crippen LogP contribution is 2.24. The molecular formula is C17H17N3O4S. The molecule has 0 aliphatic carbocycles. The number of rotatable bonds is 5. The number of aryl methyl sites for hydroxylation is 2. The molecule has 0 aliphatic heterocycles. The number of hydrogen-bond acceptors (Lipinski definition) is 7. The number of ether oxygens (including phenoxy) is 1. The van der Waals surface area contributed by atoms with Crippen molar-refractivity contribution in [1.29, 1.82) is 0 Å². The van der Waals surface area contributed by atoms with Crippen LogP contribution in [0.25, 0.3) is 11.0 Å². The van der Waals surface area contributed by atoms with E-state index in [9.17, 15) is 9.59 Å². The molecule has 0 fully saturated rings. The fourth-order valence-electron chi connectivity index (χ4n) is 2.51. The summed E-state index contributed by atoms with van der Waals surface area (Å²) in [7, 11) is 1.55. The Morgan fingerprint density at radius 3 is 2.80 bits per heavy atom. The van der Waals surface area contributed by atoms with Gasteiger partial charge in [-0.1, -0.05) is 11.3 Å². The Balaban J connectivity index is 1.80. The van der Waals surface area contributed by atoms with E-state index in [2.05, 4.69) is 15.5 Å². The van der Waals surface area contributed by atoms with Crippen LogP contribution in [-0.2, 0) is 17.8 Å². The first kappa shape index (κ1) is 17.1. The molecule has 25 heavy (non-hydrogen) atoms. The predicted octanol–water partition coefficient (Wildman–Crippen LogP) is 2.13. The maximum absolute atomic E-state index is 12.3. The van der Waals surface area contributed by atoms with Gasteiger partial charge in [-0.2, -0.15) is 0 Å². The average Bonchev–Trinajstić information content (AvgIpc) is 3.01. The molecule has 1 amide bonds. The van der Waals surface area contributed by atoms with Gasteiger partial charge in [0.1, 0.15) is 21.3 Å². The third-order valence-electron chi connectivity index (χ3n) is 3.84. The van der Waals surface area contributed by atoms with Crippen LogP contribution in [-0.4, -0.2) is 23.2 Å². The van der Waals surface area contributed by atoms with E-state index in [1.54, 1.807) is 19.2 Å². The van der Waals surface area contributed by atoms with Crippen LogP contribution < -0.4 is 15.7 Å². The molecule has 3 aromatic rings. The molecule has 1 N–H and O–H groups in total. The zero-order valence-electron chi connectivity index (χ0n) is 14.1. The number of fused-ring (bicyclic) bond motifs is 1. The molecule has 0 aliphatic rings. The summed E-state index contributed by atoms with van der Waals surface area (Å²) in [5, 5.41) is 12.9. The van der Waals surface area contributed by atoms with E-state index in [-0.39, 0.29) is 12.3 Å². The Labute approximate surface area is 147 Å². The predicted molar refractivity (Wildman–Crippen MR) is 94.0 cm³/mol. The quantitative estimate of drug-likeness (QED) is 0.701. The second-order valence-electron chi connectivity index (χ2n) is 5.52. The van der Waals surface area contributed by atoms with Gasteiger partial charge in [-0.25, -0.2) is 4.79 Å². The third kappa shape index (κ3) is 3.69. The minimum Gasteiger partial charge on any atom is -0.497 e. The molecule has 3 rings (SSSR count). The van der Waals surface area contributed by atoms with Crippen molar-refractivity contribution in [2.75, 3.05) is 7.11 Å². The van der Waals surface area contributed by atoms with Crippen molar-refractivity contribution in [2.24, 2.45) is 0 Å². The lowest BCUT2D eigenvalue weighted by atomic mass is 10.0. The zero-order valence-corrected chi connectivity index (χ0v) is 14.9. The van der Waals surface area contributed by atoms with Crippen molar-refractivity contribution in [1.82, 2.24) is 15.5 Å². The number of nitrogens with one attached hydrogen (secondary N) is 1. The van der Waals surface area contributed by atoms with Crippen LogP contribution in [0.4, 0.5) is 0 Å². The van der Waals surface area contributed by atoms with Crippen LogP contribution in [0.5, 0.6) is 5.75 Å². The molecule has 0 bridgehead atoms. The lowest BCUT2D eigenvalue weighted by molar-refractivity contribution is -0.120. The Hall–Kier alpha value is -2.74. The summed E-state index contributed by atoms with van der Waals surface area (Å²) in [6.07, 6.45) is -0.0477. The van der Waals surface area contributed by atoms with Crippen LogP contribution in [0, 0.1) is 13.8 Å². The SMILES string of the molecule is COc1ccc2c(C)c(CC(=O)NCc3nnc(C)s3)c(=O)oc2c1. The molecule has 0 saturated carbocycles. The summed E-state index contributed by atoms with van der Waals surface area (Å²) in [6, 6.07) is 5.26. The Kier molecular flexibility index (Phi) is 4.80. The van der Waals surface area contributed by atoms with Crippen LogP contribution in [0.2, 0.25) is 0 Å². The van der Waals surface area contributed by atoms with Gasteiger partial charge in [0.15, 0.2) is 0 Å². The van der Waals surface area contributed by atoms with Crippen LogP contribution >= 0.6 is 11.3 Å². The van der Waals surface area contributed by atoms with Crippen LogP contribution in [0.15, 0.2) is 27.4 Å². The minimum absolute atomic E-state index is 0.0477. The normalized spacial score (nSPS) is 10.8. The van der Waals surface area contributed by atoms with Gasteiger partial charge in [-0.3, -0.25) is 4.79 Å². The minimum atomic E-state index is -0.514. The van der Waals surface area contributed by atoms with Gasteiger partial charge >= 0.3 is 5.63 Å². The lowest BCUT2D eigenvalue weighted by Crippen LogP contribution is -2.27. The van der Waals surface area contributed by atoms with Crippen molar-refractivity contribution in [3.8, 4) is 5.75 Å². The number of methoxy groups -OCH3 is 1. The van der Waals surface area contributed by atoms with E-state index in [4.69, 9.17) is 9.15 Å². The van der Waals surface area contributed by atoms with Crippen molar-refractivity contribution in [3.05, 3.63) is 49.8 Å². The zero-order chi connectivity index (χ0) is 18.0. The molecule has 2 aromatic heterocycles. The highest BCUT2D eigenvalue weighted by molar-refractivity contribution is 7.11. The largest absolute Gasteiger partial charge is 0.497 e. The van der Waals surface area contributed by atoms with Gasteiger partial charge in [0.2, 0.25) is 5.91 Å². The highest BCUT2D eigenvalue weighted by atomic mass is 32.1. The molecule has 2 heterocycles. The van der Waals surface area contributed by atoms with E-state index in [1.807, 2.05) is 19.9 Å². The number of carbonyl (C=O) groups is 1. The molecule has 130 valence electrons. The number of amides is 1. The summed E-state index contributed by atoms with van der Waals surface area (Å²) < 4.78 is 10.5. The first-order valence-electron chi connectivity index (χ1n) is 7.64. The second-order valence-corrected chi connectivity index (χ2v) is 6.79. The summed E-state index contributed by atoms with van der Waals surface area (Å²) >= 11 is 1.42. The van der Waals surface area contributed by atoms with Crippen molar-refractivity contribution >= 4 is 28.2 Å². The van der Waals surface area contributed by atoms with E-state index in [0.29, 0.717) is 23.4 Å². The summed E-state index contributed by atoms with van der Waals surface area (Å²) in [5.41, 5.74) is 1.01. The molecule has 1 aromatic carbocycles. The molecule has 0 atom stereocenters. The molecule has 8 heteroatoms. The molecule has 0 saturated heterocycles. The fraction of sp³-hybridized carbons (Fsp3) is 0.294. The topological polar surface area (TPSA) is 94.3 Å². The number of hydrogen-bond donors (Lipinski definition) is 1. The summed E-state index contributed by atoms with van der Waals surface area (Å²) in [4.78, 5) is 24.4. The maximum atomic E-state index is 12.3. The van der Waals surface area contributed by atoms with Crippen molar-refractivity contribution in [3.63, 3.8) is 0 Å². The van der Waals surface area contributed by atoms with Gasteiger partial charge < -0.3 is 14.5 Å². The van der Waals surface area contributed by atoms with Crippen molar-refractivity contribution in [2.45, 2.75) is 26.8 Å². The Morgan fingerprint density at radius 2 is 2.12 bits per heavy atom. The maximum Gasteiger partial charge on any atom is 0.340 e. The molecule has 0 radical (unpaired) electrons. The van der Waals surface area contributed by atoms with Gasteiger partial charge in [0.25, 0.3) is 0 Å². The molecule has 0 spiro atoms.